The van der Waals surface area contributed by atoms with Crippen LogP contribution in [0.4, 0.5) is 0 Å². The first-order chi connectivity index (χ1) is 9.77. The van der Waals surface area contributed by atoms with Crippen LogP contribution >= 0.6 is 23.8 Å². The van der Waals surface area contributed by atoms with Crippen molar-refractivity contribution in [2.75, 3.05) is 0 Å². The van der Waals surface area contributed by atoms with Gasteiger partial charge in [-0.1, -0.05) is 56.1 Å². The zero-order valence-corrected chi connectivity index (χ0v) is 14.6. The van der Waals surface area contributed by atoms with Crippen LogP contribution < -0.4 is 10.5 Å². The third kappa shape index (κ3) is 5.54. The van der Waals surface area contributed by atoms with E-state index in [9.17, 15) is 8.42 Å². The monoisotopic (exact) mass is 348 g/mol. The molecule has 1 unspecified atom stereocenters. The van der Waals surface area contributed by atoms with Crippen molar-refractivity contribution in [3.05, 3.63) is 28.8 Å². The van der Waals surface area contributed by atoms with Crippen LogP contribution in [-0.4, -0.2) is 19.4 Å². The normalized spacial score (nSPS) is 13.1. The average molecular weight is 349 g/mol. The molecule has 118 valence electrons. The molecule has 0 aliphatic rings. The van der Waals surface area contributed by atoms with Gasteiger partial charge >= 0.3 is 0 Å². The molecule has 0 saturated carbocycles. The Kier molecular flexibility index (Phi) is 7.06. The molecule has 0 aliphatic heterocycles. The van der Waals surface area contributed by atoms with E-state index in [1.54, 1.807) is 6.07 Å². The first-order valence-electron chi connectivity index (χ1n) is 6.89. The largest absolute Gasteiger partial charge is 0.389 e. The molecule has 1 atom stereocenters. The second-order valence-electron chi connectivity index (χ2n) is 5.03. The van der Waals surface area contributed by atoms with E-state index in [1.165, 1.54) is 12.1 Å². The number of rotatable bonds is 8. The van der Waals surface area contributed by atoms with Crippen LogP contribution in [0.1, 0.15) is 45.1 Å². The molecular formula is C14H21ClN2O2S2. The summed E-state index contributed by atoms with van der Waals surface area (Å²) in [5.74, 6) is 0. The van der Waals surface area contributed by atoms with Gasteiger partial charge in [0.2, 0.25) is 10.0 Å². The fraction of sp³-hybridized carbons (Fsp3) is 0.500. The molecule has 1 aromatic carbocycles. The molecule has 0 radical (unpaired) electrons. The van der Waals surface area contributed by atoms with Gasteiger partial charge in [-0.15, -0.1) is 0 Å². The lowest BCUT2D eigenvalue weighted by atomic mass is 10.1. The molecule has 1 rings (SSSR count). The van der Waals surface area contributed by atoms with Gasteiger partial charge in [-0.25, -0.2) is 13.1 Å². The molecule has 21 heavy (non-hydrogen) atoms. The Balaban J connectivity index is 2.85. The van der Waals surface area contributed by atoms with Crippen LogP contribution in [-0.2, 0) is 10.0 Å². The molecular weight excluding hydrogens is 328 g/mol. The van der Waals surface area contributed by atoms with E-state index in [0.29, 0.717) is 5.56 Å². The standard InChI is InChI=1S/C14H21ClN2O2S2/c1-3-4-5-6-10(2)17-21(18,19)13-8-7-11(14(16)20)9-12(13)15/h7-10,17H,3-6H2,1-2H3,(H2,16,20). The minimum Gasteiger partial charge on any atom is -0.389 e. The summed E-state index contributed by atoms with van der Waals surface area (Å²) in [6, 6.07) is 4.33. The highest BCUT2D eigenvalue weighted by Crippen LogP contribution is 2.23. The van der Waals surface area contributed by atoms with Crippen molar-refractivity contribution in [2.24, 2.45) is 5.73 Å². The van der Waals surface area contributed by atoms with Crippen LogP contribution in [0.15, 0.2) is 23.1 Å². The fourth-order valence-corrected chi connectivity index (χ4v) is 3.91. The van der Waals surface area contributed by atoms with Gasteiger partial charge in [-0.05, 0) is 25.5 Å². The van der Waals surface area contributed by atoms with Gasteiger partial charge in [-0.2, -0.15) is 0 Å². The van der Waals surface area contributed by atoms with Crippen molar-refractivity contribution < 1.29 is 8.42 Å². The second-order valence-corrected chi connectivity index (χ2v) is 7.56. The Morgan fingerprint density at radius 3 is 2.62 bits per heavy atom. The van der Waals surface area contributed by atoms with Gasteiger partial charge < -0.3 is 5.73 Å². The summed E-state index contributed by atoms with van der Waals surface area (Å²) in [5, 5.41) is 0.119. The lowest BCUT2D eigenvalue weighted by Crippen LogP contribution is -2.32. The summed E-state index contributed by atoms with van der Waals surface area (Å²) in [6.45, 7) is 3.96. The van der Waals surface area contributed by atoms with E-state index in [4.69, 9.17) is 29.6 Å². The molecule has 7 heteroatoms. The van der Waals surface area contributed by atoms with Crippen LogP contribution in [0.3, 0.4) is 0 Å². The van der Waals surface area contributed by atoms with Crippen molar-refractivity contribution in [1.82, 2.24) is 4.72 Å². The van der Waals surface area contributed by atoms with Crippen LogP contribution in [0.2, 0.25) is 5.02 Å². The molecule has 0 aromatic heterocycles. The number of unbranched alkanes of at least 4 members (excludes halogenated alkanes) is 2. The SMILES string of the molecule is CCCCCC(C)NS(=O)(=O)c1ccc(C(N)=S)cc1Cl. The second kappa shape index (κ2) is 8.08. The molecule has 3 N–H and O–H groups in total. The molecule has 4 nitrogen and oxygen atoms in total. The Hall–Kier alpha value is -0.690. The van der Waals surface area contributed by atoms with Crippen LogP contribution in [0.25, 0.3) is 0 Å². The van der Waals surface area contributed by atoms with Crippen molar-refractivity contribution in [1.29, 1.82) is 0 Å². The summed E-state index contributed by atoms with van der Waals surface area (Å²) < 4.78 is 27.3. The third-order valence-corrected chi connectivity index (χ3v) is 5.41. The Morgan fingerprint density at radius 1 is 1.43 bits per heavy atom. The Labute approximate surface area is 137 Å². The number of benzene rings is 1. The Morgan fingerprint density at radius 2 is 2.10 bits per heavy atom. The van der Waals surface area contributed by atoms with Crippen molar-refractivity contribution in [3.63, 3.8) is 0 Å². The van der Waals surface area contributed by atoms with E-state index in [1.807, 2.05) is 6.92 Å². The lowest BCUT2D eigenvalue weighted by Gasteiger charge is -2.15. The molecule has 1 aromatic rings. The highest BCUT2D eigenvalue weighted by atomic mass is 35.5. The average Bonchev–Trinajstić information content (AvgIpc) is 2.37. The van der Waals surface area contributed by atoms with Crippen LogP contribution in [0, 0.1) is 0 Å². The topological polar surface area (TPSA) is 72.2 Å². The summed E-state index contributed by atoms with van der Waals surface area (Å²) in [5.41, 5.74) is 6.04. The molecule has 0 amide bonds. The maximum absolute atomic E-state index is 12.3. The first-order valence-corrected chi connectivity index (χ1v) is 9.16. The van der Waals surface area contributed by atoms with Gasteiger partial charge in [0.1, 0.15) is 9.88 Å². The lowest BCUT2D eigenvalue weighted by molar-refractivity contribution is 0.527. The minimum atomic E-state index is -3.64. The predicted molar refractivity (Wildman–Crippen MR) is 91.3 cm³/mol. The summed E-state index contributed by atoms with van der Waals surface area (Å²) in [7, 11) is -3.64. The van der Waals surface area contributed by atoms with Gasteiger partial charge in [-0.3, -0.25) is 0 Å². The zero-order valence-electron chi connectivity index (χ0n) is 12.2. The van der Waals surface area contributed by atoms with Gasteiger partial charge in [0.25, 0.3) is 0 Å². The number of nitrogens with one attached hydrogen (secondary N) is 1. The molecule has 0 fully saturated rings. The number of hydrogen-bond donors (Lipinski definition) is 2. The molecule has 0 aliphatic carbocycles. The van der Waals surface area contributed by atoms with E-state index < -0.39 is 10.0 Å². The van der Waals surface area contributed by atoms with Crippen molar-refractivity contribution in [3.8, 4) is 0 Å². The third-order valence-electron chi connectivity index (χ3n) is 3.10. The van der Waals surface area contributed by atoms with Gasteiger partial charge in [0.15, 0.2) is 0 Å². The highest BCUT2D eigenvalue weighted by molar-refractivity contribution is 7.89. The summed E-state index contributed by atoms with van der Waals surface area (Å²) in [6.07, 6.45) is 3.99. The molecule has 0 spiro atoms. The van der Waals surface area contributed by atoms with E-state index in [0.717, 1.165) is 25.7 Å². The van der Waals surface area contributed by atoms with Crippen LogP contribution in [0.5, 0.6) is 0 Å². The van der Waals surface area contributed by atoms with E-state index in [2.05, 4.69) is 11.6 Å². The predicted octanol–water partition coefficient (Wildman–Crippen LogP) is 3.22. The number of nitrogens with two attached hydrogens (primary N) is 1. The number of halogens is 1. The summed E-state index contributed by atoms with van der Waals surface area (Å²) >= 11 is 10.9. The Bertz CT molecular complexity index is 603. The maximum atomic E-state index is 12.3. The zero-order chi connectivity index (χ0) is 16.0. The fourth-order valence-electron chi connectivity index (χ4n) is 1.96. The molecule has 0 saturated heterocycles. The smallest absolute Gasteiger partial charge is 0.242 e. The van der Waals surface area contributed by atoms with Gasteiger partial charge in [0.05, 0.1) is 5.02 Å². The van der Waals surface area contributed by atoms with E-state index in [-0.39, 0.29) is 20.9 Å². The quantitative estimate of drug-likeness (QED) is 0.559. The molecule has 0 bridgehead atoms. The highest BCUT2D eigenvalue weighted by Gasteiger charge is 2.20. The van der Waals surface area contributed by atoms with E-state index >= 15 is 0 Å². The summed E-state index contributed by atoms with van der Waals surface area (Å²) in [4.78, 5) is 0.230. The van der Waals surface area contributed by atoms with Crippen molar-refractivity contribution in [2.45, 2.75) is 50.5 Å². The maximum Gasteiger partial charge on any atom is 0.242 e. The minimum absolute atomic E-state index is 0.0477. The molecule has 0 heterocycles. The number of hydrogen-bond acceptors (Lipinski definition) is 3. The first kappa shape index (κ1) is 18.4. The van der Waals surface area contributed by atoms with Crippen molar-refractivity contribution >= 4 is 38.8 Å². The number of thiocarbonyl (C=S) groups is 1. The van der Waals surface area contributed by atoms with Gasteiger partial charge in [0, 0.05) is 11.6 Å². The number of sulfonamides is 1.